The number of hydrogen-bond donors (Lipinski definition) is 0. The minimum atomic E-state index is -1.16. The van der Waals surface area contributed by atoms with Crippen molar-refractivity contribution in [3.63, 3.8) is 0 Å². The van der Waals surface area contributed by atoms with Gasteiger partial charge in [0.1, 0.15) is 0 Å². The zero-order chi connectivity index (χ0) is 9.23. The van der Waals surface area contributed by atoms with Gasteiger partial charge in [0.2, 0.25) is 0 Å². The molecule has 1 rings (SSSR count). The van der Waals surface area contributed by atoms with Gasteiger partial charge in [-0.15, -0.1) is 0 Å². The van der Waals surface area contributed by atoms with Crippen molar-refractivity contribution in [2.75, 3.05) is 14.2 Å². The third-order valence-electron chi connectivity index (χ3n) is 1.33. The van der Waals surface area contributed by atoms with Crippen LogP contribution < -0.4 is 0 Å². The van der Waals surface area contributed by atoms with Crippen molar-refractivity contribution in [3.8, 4) is 0 Å². The molecule has 1 aromatic heterocycles. The maximum atomic E-state index is 4.82. The van der Waals surface area contributed by atoms with Gasteiger partial charge in [-0.05, 0) is 6.55 Å². The van der Waals surface area contributed by atoms with Crippen LogP contribution in [0.1, 0.15) is 0 Å². The topological polar surface area (TPSA) is 18.5 Å². The summed E-state index contributed by atoms with van der Waals surface area (Å²) in [6.07, 6.45) is 0. The van der Waals surface area contributed by atoms with E-state index in [1.807, 2.05) is 43.6 Å². The minimum absolute atomic E-state index is 1.16. The monoisotopic (exact) mass is 182 g/mol. The quantitative estimate of drug-likeness (QED) is 0.639. The fraction of sp³-hybridized carbons (Fsp3) is 0.375. The Morgan fingerprint density at radius 1 is 1.00 bits per heavy atom. The van der Waals surface area contributed by atoms with E-state index in [-0.39, 0.29) is 0 Å². The summed E-state index contributed by atoms with van der Waals surface area (Å²) in [5.74, 6) is 4.00. The second kappa shape index (κ2) is 8.65. The summed E-state index contributed by atoms with van der Waals surface area (Å²) in [4.78, 5) is 0. The molecule has 0 atom stereocenters. The molecule has 0 aromatic carbocycles. The molecular formula is C8H15BO2Si. The van der Waals surface area contributed by atoms with Crippen molar-refractivity contribution in [1.29, 1.82) is 0 Å². The first-order valence-corrected chi connectivity index (χ1v) is 5.96. The molecule has 0 N–H and O–H groups in total. The fourth-order valence-electron chi connectivity index (χ4n) is 0.481. The van der Waals surface area contributed by atoms with Crippen molar-refractivity contribution in [1.82, 2.24) is 0 Å². The van der Waals surface area contributed by atoms with Crippen LogP contribution in [0.3, 0.4) is 0 Å². The predicted molar refractivity (Wildman–Crippen MR) is 54.8 cm³/mol. The molecule has 1 aromatic rings. The summed E-state index contributed by atoms with van der Waals surface area (Å²) in [5, 5.41) is 0. The third-order valence-corrected chi connectivity index (χ3v) is 2.66. The zero-order valence-corrected chi connectivity index (χ0v) is 9.01. The molecule has 12 heavy (non-hydrogen) atoms. The molecular weight excluding hydrogens is 167 g/mol. The van der Waals surface area contributed by atoms with Crippen LogP contribution in [0.5, 0.6) is 0 Å². The summed E-state index contributed by atoms with van der Waals surface area (Å²) in [7, 11) is 2.17. The zero-order valence-electron chi connectivity index (χ0n) is 7.86. The van der Waals surface area contributed by atoms with E-state index in [1.54, 1.807) is 14.2 Å². The van der Waals surface area contributed by atoms with E-state index in [9.17, 15) is 0 Å². The van der Waals surface area contributed by atoms with Gasteiger partial charge in [0.15, 0.2) is 0 Å². The van der Waals surface area contributed by atoms with Gasteiger partial charge in [-0.3, -0.25) is 0 Å². The molecule has 0 radical (unpaired) electrons. The summed E-state index contributed by atoms with van der Waals surface area (Å²) in [5.41, 5.74) is 0. The van der Waals surface area contributed by atoms with E-state index in [0.717, 1.165) is 0 Å². The number of rotatable bonds is 2. The second-order valence-electron chi connectivity index (χ2n) is 2.19. The van der Waals surface area contributed by atoms with Gasteiger partial charge in [0.25, 0.3) is 0 Å². The maximum absolute atomic E-state index is 4.82. The van der Waals surface area contributed by atoms with Crippen LogP contribution in [0.25, 0.3) is 0 Å². The SMILES string of the molecule is CO[SiH](C)OC.b1ccccc1. The van der Waals surface area contributed by atoms with Crippen LogP contribution in [0.15, 0.2) is 30.1 Å². The summed E-state index contributed by atoms with van der Waals surface area (Å²) >= 11 is 0. The van der Waals surface area contributed by atoms with Crippen LogP contribution in [0.2, 0.25) is 6.55 Å². The normalized spacial score (nSPS) is 8.67. The van der Waals surface area contributed by atoms with E-state index < -0.39 is 9.28 Å². The molecule has 1 heterocycles. The molecule has 0 unspecified atom stereocenters. The first-order chi connectivity index (χ1) is 5.81. The molecule has 0 saturated carbocycles. The molecule has 0 bridgehead atoms. The second-order valence-corrected chi connectivity index (χ2v) is 4.27. The van der Waals surface area contributed by atoms with Crippen LogP contribution in [-0.2, 0) is 8.85 Å². The van der Waals surface area contributed by atoms with Crippen LogP contribution in [0, 0.1) is 0 Å². The van der Waals surface area contributed by atoms with E-state index in [4.69, 9.17) is 8.85 Å². The Morgan fingerprint density at radius 3 is 1.58 bits per heavy atom. The Balaban J connectivity index is 0.000000202. The summed E-state index contributed by atoms with van der Waals surface area (Å²) in [6, 6.07) is 6.00. The van der Waals surface area contributed by atoms with Crippen molar-refractivity contribution < 1.29 is 8.85 Å². The Labute approximate surface area is 76.6 Å². The van der Waals surface area contributed by atoms with Gasteiger partial charge < -0.3 is 8.85 Å². The average molecular weight is 182 g/mol. The molecule has 0 fully saturated rings. The van der Waals surface area contributed by atoms with Crippen molar-refractivity contribution in [3.05, 3.63) is 30.1 Å². The van der Waals surface area contributed by atoms with Crippen LogP contribution >= 0.6 is 0 Å². The molecule has 2 nitrogen and oxygen atoms in total. The number of hydrogen-bond acceptors (Lipinski definition) is 2. The summed E-state index contributed by atoms with van der Waals surface area (Å²) in [6.45, 7) is 3.97. The Hall–Kier alpha value is -0.448. The molecule has 0 aliphatic carbocycles. The standard InChI is InChI=1S/C5H5B.C3H10O2Si/c1-2-4-6-5-3-1;1-4-6(3)5-2/h1-5H;6H,1-3H3. The molecule has 0 aliphatic heterocycles. The average Bonchev–Trinajstić information content (AvgIpc) is 2.20. The third kappa shape index (κ3) is 7.66. The summed E-state index contributed by atoms with van der Waals surface area (Å²) < 4.78 is 9.63. The molecule has 66 valence electrons. The molecule has 0 saturated heterocycles. The van der Waals surface area contributed by atoms with Gasteiger partial charge >= 0.3 is 46.3 Å². The molecule has 0 amide bonds. The molecule has 4 heteroatoms. The Kier molecular flexibility index (Phi) is 8.32. The van der Waals surface area contributed by atoms with Crippen LogP contribution in [0.4, 0.5) is 0 Å². The first-order valence-electron chi connectivity index (χ1n) is 3.87. The van der Waals surface area contributed by atoms with Crippen molar-refractivity contribution in [2.45, 2.75) is 6.55 Å². The fourth-order valence-corrected chi connectivity index (χ4v) is 0.674. The molecule has 0 spiro atoms. The van der Waals surface area contributed by atoms with Gasteiger partial charge in [-0.1, -0.05) is 0 Å². The van der Waals surface area contributed by atoms with Gasteiger partial charge in [0.05, 0.1) is 0 Å². The van der Waals surface area contributed by atoms with Gasteiger partial charge in [-0.25, -0.2) is 0 Å². The van der Waals surface area contributed by atoms with E-state index in [0.29, 0.717) is 0 Å². The van der Waals surface area contributed by atoms with E-state index in [2.05, 4.69) is 0 Å². The molecule has 0 aliphatic rings. The van der Waals surface area contributed by atoms with Crippen molar-refractivity contribution in [2.24, 2.45) is 0 Å². The van der Waals surface area contributed by atoms with Gasteiger partial charge in [-0.2, -0.15) is 0 Å². The van der Waals surface area contributed by atoms with E-state index in [1.165, 1.54) is 0 Å². The van der Waals surface area contributed by atoms with Crippen LogP contribution in [-0.4, -0.2) is 30.4 Å². The van der Waals surface area contributed by atoms with Crippen molar-refractivity contribution >= 4 is 16.2 Å². The first kappa shape index (κ1) is 11.6. The van der Waals surface area contributed by atoms with Gasteiger partial charge in [0, 0.05) is 14.2 Å². The Bertz CT molecular complexity index is 141. The Morgan fingerprint density at radius 2 is 1.50 bits per heavy atom. The predicted octanol–water partition coefficient (Wildman–Crippen LogP) is 1.15. The van der Waals surface area contributed by atoms with E-state index >= 15 is 0 Å².